The summed E-state index contributed by atoms with van der Waals surface area (Å²) in [4.78, 5) is 36.1. The number of ketones is 1. The molecule has 2 aliphatic rings. The Bertz CT molecular complexity index is 1210. The first-order chi connectivity index (χ1) is 15.6. The number of carbonyl (C=O) groups is 2. The summed E-state index contributed by atoms with van der Waals surface area (Å²) in [5, 5.41) is 11.3. The Morgan fingerprint density at radius 2 is 1.84 bits per heavy atom. The third-order valence-electron chi connectivity index (χ3n) is 6.22. The minimum atomic E-state index is -0.735. The number of amides is 1. The molecule has 0 saturated carbocycles. The van der Waals surface area contributed by atoms with Crippen LogP contribution in [0.15, 0.2) is 72.7 Å². The van der Waals surface area contributed by atoms with Crippen molar-refractivity contribution >= 4 is 17.4 Å². The van der Waals surface area contributed by atoms with Crippen molar-refractivity contribution in [2.24, 2.45) is 0 Å². The summed E-state index contributed by atoms with van der Waals surface area (Å²) in [5.74, 6) is -1.48. The number of aromatic nitrogens is 2. The van der Waals surface area contributed by atoms with Crippen molar-refractivity contribution in [1.82, 2.24) is 14.9 Å². The van der Waals surface area contributed by atoms with Gasteiger partial charge in [-0.15, -0.1) is 0 Å². The van der Waals surface area contributed by atoms with Gasteiger partial charge in [0.15, 0.2) is 0 Å². The third-order valence-corrected chi connectivity index (χ3v) is 6.22. The minimum Gasteiger partial charge on any atom is -0.507 e. The molecule has 1 atom stereocenters. The largest absolute Gasteiger partial charge is 0.507 e. The van der Waals surface area contributed by atoms with Gasteiger partial charge in [-0.1, -0.05) is 24.3 Å². The smallest absolute Gasteiger partial charge is 0.296 e. The van der Waals surface area contributed by atoms with Crippen LogP contribution in [-0.2, 0) is 29.0 Å². The molecule has 3 heterocycles. The molecule has 1 fully saturated rings. The molecule has 1 saturated heterocycles. The van der Waals surface area contributed by atoms with Gasteiger partial charge in [-0.3, -0.25) is 19.6 Å². The first-order valence-corrected chi connectivity index (χ1v) is 10.8. The Morgan fingerprint density at radius 3 is 2.59 bits per heavy atom. The van der Waals surface area contributed by atoms with E-state index >= 15 is 0 Å². The summed E-state index contributed by atoms with van der Waals surface area (Å²) in [7, 11) is 0. The molecule has 0 bridgehead atoms. The van der Waals surface area contributed by atoms with Gasteiger partial charge in [-0.2, -0.15) is 0 Å². The zero-order valence-corrected chi connectivity index (χ0v) is 17.6. The number of benzene rings is 1. The van der Waals surface area contributed by atoms with Crippen LogP contribution in [0.25, 0.3) is 5.76 Å². The van der Waals surface area contributed by atoms with Gasteiger partial charge in [0.25, 0.3) is 11.7 Å². The molecule has 1 amide bonds. The number of Topliss-reactive ketones (excluding diaryl/α,β-unsaturated/α-hetero) is 1. The second-order valence-corrected chi connectivity index (χ2v) is 8.23. The van der Waals surface area contributed by atoms with Gasteiger partial charge in [0.1, 0.15) is 5.76 Å². The first-order valence-electron chi connectivity index (χ1n) is 10.8. The average molecular weight is 425 g/mol. The molecule has 6 heteroatoms. The Morgan fingerprint density at radius 1 is 1.00 bits per heavy atom. The highest BCUT2D eigenvalue weighted by molar-refractivity contribution is 6.46. The molecule has 1 aliphatic heterocycles. The van der Waals surface area contributed by atoms with Gasteiger partial charge in [0.2, 0.25) is 0 Å². The lowest BCUT2D eigenvalue weighted by Gasteiger charge is -2.25. The van der Waals surface area contributed by atoms with E-state index in [0.29, 0.717) is 16.8 Å². The number of rotatable bonds is 4. The minimum absolute atomic E-state index is 0.0923. The van der Waals surface area contributed by atoms with Gasteiger partial charge >= 0.3 is 0 Å². The number of aryl methyl sites for hydroxylation is 2. The molecule has 5 rings (SSSR count). The van der Waals surface area contributed by atoms with Crippen molar-refractivity contribution in [3.63, 3.8) is 0 Å². The maximum Gasteiger partial charge on any atom is 0.296 e. The number of carbonyl (C=O) groups excluding carboxylic acids is 2. The van der Waals surface area contributed by atoms with Crippen LogP contribution in [0.4, 0.5) is 0 Å². The fraction of sp³-hybridized carbons (Fsp3) is 0.231. The van der Waals surface area contributed by atoms with Crippen LogP contribution in [0.3, 0.4) is 0 Å². The van der Waals surface area contributed by atoms with Crippen LogP contribution in [0.2, 0.25) is 0 Å². The summed E-state index contributed by atoms with van der Waals surface area (Å²) in [6.45, 7) is 0.159. The molecule has 160 valence electrons. The van der Waals surface area contributed by atoms with Crippen molar-refractivity contribution in [2.45, 2.75) is 38.3 Å². The maximum absolute atomic E-state index is 13.1. The quantitative estimate of drug-likeness (QED) is 0.388. The standard InChI is InChI=1S/C26H23N3O3/c30-24(19-11-10-17-6-1-2-7-18(17)14-19)22-23(20-8-5-12-27-15-20)29(26(32)25(22)31)16-21-9-3-4-13-28-21/h3-5,8-15,23,30H,1-2,6-7,16H2/b24-22-. The molecule has 0 spiro atoms. The van der Waals surface area contributed by atoms with Gasteiger partial charge < -0.3 is 10.0 Å². The summed E-state index contributed by atoms with van der Waals surface area (Å²) in [5.41, 5.74) is 4.47. The topological polar surface area (TPSA) is 83.4 Å². The third kappa shape index (κ3) is 3.58. The lowest BCUT2D eigenvalue weighted by Crippen LogP contribution is -2.29. The maximum atomic E-state index is 13.1. The fourth-order valence-electron chi connectivity index (χ4n) is 4.63. The summed E-state index contributed by atoms with van der Waals surface area (Å²) in [6, 6.07) is 14.1. The normalized spacial score (nSPS) is 19.8. The van der Waals surface area contributed by atoms with E-state index in [1.54, 1.807) is 30.7 Å². The molecule has 6 nitrogen and oxygen atoms in total. The van der Waals surface area contributed by atoms with Crippen LogP contribution in [-0.4, -0.2) is 31.7 Å². The predicted octanol–water partition coefficient (Wildman–Crippen LogP) is 3.98. The van der Waals surface area contributed by atoms with Crippen molar-refractivity contribution in [2.75, 3.05) is 0 Å². The molecule has 0 radical (unpaired) electrons. The molecule has 1 N–H and O–H groups in total. The van der Waals surface area contributed by atoms with Crippen molar-refractivity contribution < 1.29 is 14.7 Å². The van der Waals surface area contributed by atoms with E-state index in [1.165, 1.54) is 16.0 Å². The Balaban J connectivity index is 1.62. The SMILES string of the molecule is O=C1C(=O)N(Cc2ccccn2)C(c2cccnc2)/C1=C(/O)c1ccc2c(c1)CCCC2. The van der Waals surface area contributed by atoms with Crippen LogP contribution >= 0.6 is 0 Å². The van der Waals surface area contributed by atoms with Crippen LogP contribution < -0.4 is 0 Å². The van der Waals surface area contributed by atoms with Gasteiger partial charge in [0, 0.05) is 24.2 Å². The number of aliphatic hydroxyl groups is 1. The zero-order valence-electron chi connectivity index (χ0n) is 17.6. The highest BCUT2D eigenvalue weighted by Crippen LogP contribution is 2.40. The van der Waals surface area contributed by atoms with E-state index in [1.807, 2.05) is 36.4 Å². The molecule has 3 aromatic rings. The van der Waals surface area contributed by atoms with Gasteiger partial charge in [-0.05, 0) is 66.6 Å². The second kappa shape index (κ2) is 8.38. The summed E-state index contributed by atoms with van der Waals surface area (Å²) >= 11 is 0. The van der Waals surface area contributed by atoms with E-state index in [9.17, 15) is 14.7 Å². The Labute approximate surface area is 186 Å². The number of fused-ring (bicyclic) bond motifs is 1. The molecule has 2 aromatic heterocycles. The van der Waals surface area contributed by atoms with E-state index in [4.69, 9.17) is 0 Å². The molecular formula is C26H23N3O3. The van der Waals surface area contributed by atoms with Crippen molar-refractivity contribution in [3.8, 4) is 0 Å². The number of nitrogens with zero attached hydrogens (tertiary/aromatic N) is 3. The summed E-state index contributed by atoms with van der Waals surface area (Å²) in [6.07, 6.45) is 9.18. The zero-order chi connectivity index (χ0) is 22.1. The Hall–Kier alpha value is -3.80. The average Bonchev–Trinajstić information content (AvgIpc) is 3.09. The molecule has 1 unspecified atom stereocenters. The number of aliphatic hydroxyl groups excluding tert-OH is 1. The predicted molar refractivity (Wildman–Crippen MR) is 119 cm³/mol. The van der Waals surface area contributed by atoms with E-state index < -0.39 is 17.7 Å². The Kier molecular flexibility index (Phi) is 5.27. The monoisotopic (exact) mass is 425 g/mol. The van der Waals surface area contributed by atoms with E-state index in [-0.39, 0.29) is 17.9 Å². The highest BCUT2D eigenvalue weighted by Gasteiger charge is 2.46. The second-order valence-electron chi connectivity index (χ2n) is 8.23. The summed E-state index contributed by atoms with van der Waals surface area (Å²) < 4.78 is 0. The van der Waals surface area contributed by atoms with Crippen molar-refractivity contribution in [3.05, 3.63) is 101 Å². The lowest BCUT2D eigenvalue weighted by molar-refractivity contribution is -0.140. The highest BCUT2D eigenvalue weighted by atomic mass is 16.3. The first kappa shape index (κ1) is 20.1. The van der Waals surface area contributed by atoms with Crippen LogP contribution in [0.5, 0.6) is 0 Å². The van der Waals surface area contributed by atoms with E-state index in [0.717, 1.165) is 25.7 Å². The lowest BCUT2D eigenvalue weighted by atomic mass is 9.89. The molecule has 1 aliphatic carbocycles. The number of hydrogen-bond acceptors (Lipinski definition) is 5. The fourth-order valence-corrected chi connectivity index (χ4v) is 4.63. The number of likely N-dealkylation sites (tertiary alicyclic amines) is 1. The molecular weight excluding hydrogens is 402 g/mol. The molecule has 1 aromatic carbocycles. The van der Waals surface area contributed by atoms with Crippen molar-refractivity contribution in [1.29, 1.82) is 0 Å². The van der Waals surface area contributed by atoms with Gasteiger partial charge in [0.05, 0.1) is 23.9 Å². The van der Waals surface area contributed by atoms with Crippen LogP contribution in [0, 0.1) is 0 Å². The van der Waals surface area contributed by atoms with E-state index in [2.05, 4.69) is 9.97 Å². The van der Waals surface area contributed by atoms with Crippen LogP contribution in [0.1, 0.15) is 46.8 Å². The number of pyridine rings is 2. The number of hydrogen-bond donors (Lipinski definition) is 1. The molecule has 32 heavy (non-hydrogen) atoms. The van der Waals surface area contributed by atoms with Gasteiger partial charge in [-0.25, -0.2) is 0 Å².